The first-order chi connectivity index (χ1) is 8.13. The molecule has 0 atom stereocenters. The summed E-state index contributed by atoms with van der Waals surface area (Å²) < 4.78 is 5.25. The lowest BCUT2D eigenvalue weighted by atomic mass is 10.3. The molecule has 0 saturated carbocycles. The van der Waals surface area contributed by atoms with Crippen molar-refractivity contribution >= 4 is 5.91 Å². The van der Waals surface area contributed by atoms with Crippen LogP contribution in [0, 0.1) is 0 Å². The van der Waals surface area contributed by atoms with E-state index in [4.69, 9.17) is 4.42 Å². The van der Waals surface area contributed by atoms with Gasteiger partial charge in [0.15, 0.2) is 0 Å². The highest BCUT2D eigenvalue weighted by molar-refractivity contribution is 5.76. The molecule has 17 heavy (non-hydrogen) atoms. The lowest BCUT2D eigenvalue weighted by Gasteiger charge is -2.20. The molecule has 4 heteroatoms. The molecule has 0 unspecified atom stereocenters. The van der Waals surface area contributed by atoms with Gasteiger partial charge in [-0.3, -0.25) is 4.79 Å². The Hall–Kier alpha value is -1.29. The predicted octanol–water partition coefficient (Wildman–Crippen LogP) is 2.02. The normalized spacial score (nSPS) is 10.8. The fraction of sp³-hybridized carbons (Fsp3) is 0.615. The molecule has 0 aliphatic heterocycles. The molecular weight excluding hydrogens is 216 g/mol. The number of carbonyl (C=O) groups is 1. The highest BCUT2D eigenvalue weighted by Crippen LogP contribution is 2.06. The van der Waals surface area contributed by atoms with Crippen LogP contribution in [0.25, 0.3) is 0 Å². The molecule has 1 N–H and O–H groups in total. The smallest absolute Gasteiger partial charge is 0.224 e. The zero-order valence-electron chi connectivity index (χ0n) is 10.9. The molecule has 0 radical (unpaired) electrons. The highest BCUT2D eigenvalue weighted by atomic mass is 16.3. The zero-order valence-corrected chi connectivity index (χ0v) is 10.9. The summed E-state index contributed by atoms with van der Waals surface area (Å²) in [7, 11) is 0. The van der Waals surface area contributed by atoms with E-state index in [1.807, 2.05) is 19.1 Å². The first kappa shape index (κ1) is 13.8. The predicted molar refractivity (Wildman–Crippen MR) is 67.6 cm³/mol. The fourth-order valence-corrected chi connectivity index (χ4v) is 1.59. The molecule has 1 aromatic heterocycles. The SMILES string of the molecule is CCN(Cc1ccco1)C(=O)CCNC(C)C. The van der Waals surface area contributed by atoms with E-state index in [1.54, 1.807) is 11.2 Å². The minimum absolute atomic E-state index is 0.164. The van der Waals surface area contributed by atoms with Crippen molar-refractivity contribution in [2.75, 3.05) is 13.1 Å². The summed E-state index contributed by atoms with van der Waals surface area (Å²) in [6, 6.07) is 4.15. The van der Waals surface area contributed by atoms with Crippen LogP contribution >= 0.6 is 0 Å². The maximum absolute atomic E-state index is 11.9. The maximum Gasteiger partial charge on any atom is 0.224 e. The number of amides is 1. The Morgan fingerprint density at radius 3 is 2.82 bits per heavy atom. The van der Waals surface area contributed by atoms with Crippen LogP contribution in [0.2, 0.25) is 0 Å². The Labute approximate surface area is 103 Å². The van der Waals surface area contributed by atoms with E-state index in [-0.39, 0.29) is 5.91 Å². The van der Waals surface area contributed by atoms with Crippen LogP contribution in [0.1, 0.15) is 33.0 Å². The number of nitrogens with zero attached hydrogens (tertiary/aromatic N) is 1. The molecule has 0 aliphatic carbocycles. The van der Waals surface area contributed by atoms with Crippen molar-refractivity contribution in [3.63, 3.8) is 0 Å². The molecule has 0 fully saturated rings. The van der Waals surface area contributed by atoms with Crippen LogP contribution in [-0.4, -0.2) is 29.9 Å². The van der Waals surface area contributed by atoms with E-state index >= 15 is 0 Å². The second-order valence-electron chi connectivity index (χ2n) is 4.35. The number of carbonyl (C=O) groups excluding carboxylic acids is 1. The maximum atomic E-state index is 11.9. The molecule has 1 aromatic rings. The minimum atomic E-state index is 0.164. The number of furan rings is 1. The van der Waals surface area contributed by atoms with E-state index in [9.17, 15) is 4.79 Å². The number of rotatable bonds is 7. The van der Waals surface area contributed by atoms with Crippen LogP contribution in [0.15, 0.2) is 22.8 Å². The molecular formula is C13H22N2O2. The van der Waals surface area contributed by atoms with Crippen molar-refractivity contribution in [3.8, 4) is 0 Å². The summed E-state index contributed by atoms with van der Waals surface area (Å²) in [6.07, 6.45) is 2.17. The lowest BCUT2D eigenvalue weighted by molar-refractivity contribution is -0.131. The van der Waals surface area contributed by atoms with Crippen LogP contribution in [0.5, 0.6) is 0 Å². The largest absolute Gasteiger partial charge is 0.467 e. The third-order valence-electron chi connectivity index (χ3n) is 2.55. The molecule has 0 spiro atoms. The summed E-state index contributed by atoms with van der Waals surface area (Å²) in [6.45, 7) is 8.13. The Morgan fingerprint density at radius 1 is 1.53 bits per heavy atom. The monoisotopic (exact) mass is 238 g/mol. The van der Waals surface area contributed by atoms with Gasteiger partial charge in [0, 0.05) is 25.6 Å². The highest BCUT2D eigenvalue weighted by Gasteiger charge is 2.12. The van der Waals surface area contributed by atoms with Crippen molar-refractivity contribution in [3.05, 3.63) is 24.2 Å². The van der Waals surface area contributed by atoms with E-state index in [0.717, 1.165) is 12.3 Å². The minimum Gasteiger partial charge on any atom is -0.467 e. The van der Waals surface area contributed by atoms with Gasteiger partial charge in [-0.25, -0.2) is 0 Å². The van der Waals surface area contributed by atoms with Gasteiger partial charge in [-0.05, 0) is 19.1 Å². The molecule has 0 aliphatic rings. The molecule has 0 bridgehead atoms. The van der Waals surface area contributed by atoms with Crippen molar-refractivity contribution in [2.24, 2.45) is 0 Å². The second-order valence-corrected chi connectivity index (χ2v) is 4.35. The molecule has 4 nitrogen and oxygen atoms in total. The van der Waals surface area contributed by atoms with Gasteiger partial charge in [0.1, 0.15) is 5.76 Å². The van der Waals surface area contributed by atoms with Gasteiger partial charge >= 0.3 is 0 Å². The number of nitrogens with one attached hydrogen (secondary N) is 1. The number of hydrogen-bond acceptors (Lipinski definition) is 3. The van der Waals surface area contributed by atoms with E-state index < -0.39 is 0 Å². The molecule has 1 rings (SSSR count). The Bertz CT molecular complexity index is 320. The summed E-state index contributed by atoms with van der Waals surface area (Å²) in [5.74, 6) is 0.995. The van der Waals surface area contributed by atoms with Gasteiger partial charge in [-0.2, -0.15) is 0 Å². The van der Waals surface area contributed by atoms with E-state index in [2.05, 4.69) is 19.2 Å². The summed E-state index contributed by atoms with van der Waals surface area (Å²) in [5.41, 5.74) is 0. The number of hydrogen-bond donors (Lipinski definition) is 1. The average molecular weight is 238 g/mol. The quantitative estimate of drug-likeness (QED) is 0.790. The van der Waals surface area contributed by atoms with Crippen molar-refractivity contribution < 1.29 is 9.21 Å². The van der Waals surface area contributed by atoms with Gasteiger partial charge in [-0.1, -0.05) is 13.8 Å². The summed E-state index contributed by atoms with van der Waals surface area (Å²) in [5, 5.41) is 3.24. The Balaban J connectivity index is 2.36. The third kappa shape index (κ3) is 5.04. The van der Waals surface area contributed by atoms with Crippen molar-refractivity contribution in [2.45, 2.75) is 39.8 Å². The molecule has 96 valence electrons. The zero-order chi connectivity index (χ0) is 12.7. The van der Waals surface area contributed by atoms with Gasteiger partial charge < -0.3 is 14.6 Å². The first-order valence-corrected chi connectivity index (χ1v) is 6.17. The van der Waals surface area contributed by atoms with Crippen LogP contribution < -0.4 is 5.32 Å². The lowest BCUT2D eigenvalue weighted by Crippen LogP contribution is -2.34. The second kappa shape index (κ2) is 7.12. The topological polar surface area (TPSA) is 45.5 Å². The average Bonchev–Trinajstić information content (AvgIpc) is 2.77. The summed E-state index contributed by atoms with van der Waals surface area (Å²) in [4.78, 5) is 13.7. The van der Waals surface area contributed by atoms with Crippen LogP contribution in [0.4, 0.5) is 0 Å². The van der Waals surface area contributed by atoms with Crippen LogP contribution in [0.3, 0.4) is 0 Å². The third-order valence-corrected chi connectivity index (χ3v) is 2.55. The van der Waals surface area contributed by atoms with Gasteiger partial charge in [0.25, 0.3) is 0 Å². The molecule has 0 aromatic carbocycles. The molecule has 0 saturated heterocycles. The van der Waals surface area contributed by atoms with Crippen LogP contribution in [-0.2, 0) is 11.3 Å². The van der Waals surface area contributed by atoms with Gasteiger partial charge in [-0.15, -0.1) is 0 Å². The Morgan fingerprint density at radius 2 is 2.29 bits per heavy atom. The summed E-state index contributed by atoms with van der Waals surface area (Å²) >= 11 is 0. The van der Waals surface area contributed by atoms with E-state index in [0.29, 0.717) is 25.6 Å². The van der Waals surface area contributed by atoms with Crippen molar-refractivity contribution in [1.29, 1.82) is 0 Å². The van der Waals surface area contributed by atoms with E-state index in [1.165, 1.54) is 0 Å². The van der Waals surface area contributed by atoms with Gasteiger partial charge in [0.05, 0.1) is 12.8 Å². The first-order valence-electron chi connectivity index (χ1n) is 6.17. The fourth-order valence-electron chi connectivity index (χ4n) is 1.59. The Kier molecular flexibility index (Phi) is 5.77. The molecule has 1 heterocycles. The van der Waals surface area contributed by atoms with Crippen molar-refractivity contribution in [1.82, 2.24) is 10.2 Å². The van der Waals surface area contributed by atoms with Gasteiger partial charge in [0.2, 0.25) is 5.91 Å². The standard InChI is InChI=1S/C13H22N2O2/c1-4-15(10-12-6-5-9-17-12)13(16)7-8-14-11(2)3/h5-6,9,11,14H,4,7-8,10H2,1-3H3. The molecule has 1 amide bonds.